The van der Waals surface area contributed by atoms with Crippen LogP contribution in [-0.4, -0.2) is 17.6 Å². The van der Waals surface area contributed by atoms with E-state index in [0.717, 1.165) is 5.56 Å². The van der Waals surface area contributed by atoms with Crippen molar-refractivity contribution in [3.63, 3.8) is 0 Å². The molecule has 0 aromatic heterocycles. The van der Waals surface area contributed by atoms with Gasteiger partial charge in [0.2, 0.25) is 0 Å². The molecule has 0 spiro atoms. The lowest BCUT2D eigenvalue weighted by Gasteiger charge is -2.17. The summed E-state index contributed by atoms with van der Waals surface area (Å²) in [7, 11) is 0. The highest BCUT2D eigenvalue weighted by Crippen LogP contribution is 2.28. The van der Waals surface area contributed by atoms with Crippen LogP contribution in [0.5, 0.6) is 5.75 Å². The molecule has 0 unspecified atom stereocenters. The molecule has 1 aromatic rings. The van der Waals surface area contributed by atoms with E-state index in [1.165, 1.54) is 0 Å². The van der Waals surface area contributed by atoms with Crippen LogP contribution in [0.25, 0.3) is 0 Å². The summed E-state index contributed by atoms with van der Waals surface area (Å²) < 4.78 is 5.16. The predicted octanol–water partition coefficient (Wildman–Crippen LogP) is 0.510. The Hall–Kier alpha value is -1.55. The summed E-state index contributed by atoms with van der Waals surface area (Å²) in [6.07, 6.45) is 0. The molecule has 1 aliphatic rings. The number of rotatable bonds is 1. The number of hydrogen-bond donors (Lipinski definition) is 2. The third-order valence-electron chi connectivity index (χ3n) is 1.86. The average Bonchev–Trinajstić information content (AvgIpc) is 2.17. The molecule has 0 atom stereocenters. The summed E-state index contributed by atoms with van der Waals surface area (Å²) in [5.41, 5.74) is 1.43. The second-order valence-electron chi connectivity index (χ2n) is 2.83. The largest absolute Gasteiger partial charge is 0.482 e. The standard InChI is InChI=1S/C9H9NO3/c11-4-6-1-2-7-8(3-6)13-5-9(12)10-7/h1-3,11H,4-5H2,(H,10,12). The number of carbonyl (C=O) groups is 1. The minimum atomic E-state index is -0.149. The minimum absolute atomic E-state index is 0.0232. The van der Waals surface area contributed by atoms with E-state index in [2.05, 4.69) is 5.32 Å². The summed E-state index contributed by atoms with van der Waals surface area (Å²) >= 11 is 0. The molecule has 0 saturated heterocycles. The van der Waals surface area contributed by atoms with Gasteiger partial charge in [-0.1, -0.05) is 6.07 Å². The van der Waals surface area contributed by atoms with Gasteiger partial charge in [-0.2, -0.15) is 0 Å². The van der Waals surface area contributed by atoms with Crippen molar-refractivity contribution in [3.8, 4) is 5.75 Å². The fraction of sp³-hybridized carbons (Fsp3) is 0.222. The van der Waals surface area contributed by atoms with Gasteiger partial charge < -0.3 is 15.2 Å². The maximum absolute atomic E-state index is 10.9. The van der Waals surface area contributed by atoms with Crippen molar-refractivity contribution in [2.24, 2.45) is 0 Å². The molecule has 4 heteroatoms. The van der Waals surface area contributed by atoms with Crippen LogP contribution in [0.1, 0.15) is 5.56 Å². The molecule has 1 amide bonds. The van der Waals surface area contributed by atoms with Crippen molar-refractivity contribution in [2.45, 2.75) is 6.61 Å². The van der Waals surface area contributed by atoms with E-state index in [4.69, 9.17) is 9.84 Å². The second kappa shape index (κ2) is 3.06. The van der Waals surface area contributed by atoms with Crippen molar-refractivity contribution < 1.29 is 14.6 Å². The van der Waals surface area contributed by atoms with Gasteiger partial charge in [0.05, 0.1) is 12.3 Å². The number of fused-ring (bicyclic) bond motifs is 1. The lowest BCUT2D eigenvalue weighted by atomic mass is 10.2. The topological polar surface area (TPSA) is 58.6 Å². The van der Waals surface area contributed by atoms with Crippen molar-refractivity contribution in [2.75, 3.05) is 11.9 Å². The third kappa shape index (κ3) is 1.48. The van der Waals surface area contributed by atoms with Gasteiger partial charge in [0.1, 0.15) is 5.75 Å². The lowest BCUT2D eigenvalue weighted by Crippen LogP contribution is -2.25. The first-order valence-electron chi connectivity index (χ1n) is 3.96. The highest BCUT2D eigenvalue weighted by molar-refractivity contribution is 5.95. The predicted molar refractivity (Wildman–Crippen MR) is 46.5 cm³/mol. The van der Waals surface area contributed by atoms with Crippen LogP contribution in [0, 0.1) is 0 Å². The molecular weight excluding hydrogens is 170 g/mol. The number of hydrogen-bond acceptors (Lipinski definition) is 3. The van der Waals surface area contributed by atoms with Crippen LogP contribution in [-0.2, 0) is 11.4 Å². The lowest BCUT2D eigenvalue weighted by molar-refractivity contribution is -0.118. The molecular formula is C9H9NO3. The Balaban J connectivity index is 2.36. The highest BCUT2D eigenvalue weighted by Gasteiger charge is 2.15. The van der Waals surface area contributed by atoms with Gasteiger partial charge >= 0.3 is 0 Å². The van der Waals surface area contributed by atoms with Crippen molar-refractivity contribution in [1.82, 2.24) is 0 Å². The number of benzene rings is 1. The average molecular weight is 179 g/mol. The molecule has 0 saturated carbocycles. The normalized spacial score (nSPS) is 14.4. The van der Waals surface area contributed by atoms with Crippen LogP contribution in [0.3, 0.4) is 0 Å². The molecule has 0 aliphatic carbocycles. The van der Waals surface area contributed by atoms with Gasteiger partial charge in [0.15, 0.2) is 6.61 Å². The molecule has 68 valence electrons. The Bertz CT molecular complexity index is 349. The van der Waals surface area contributed by atoms with Crippen LogP contribution >= 0.6 is 0 Å². The molecule has 2 N–H and O–H groups in total. The van der Waals surface area contributed by atoms with Gasteiger partial charge in [0.25, 0.3) is 5.91 Å². The molecule has 2 rings (SSSR count). The van der Waals surface area contributed by atoms with Crippen LogP contribution in [0.2, 0.25) is 0 Å². The van der Waals surface area contributed by atoms with Crippen molar-refractivity contribution >= 4 is 11.6 Å². The van der Waals surface area contributed by atoms with E-state index in [9.17, 15) is 4.79 Å². The zero-order valence-corrected chi connectivity index (χ0v) is 6.91. The van der Waals surface area contributed by atoms with E-state index in [1.54, 1.807) is 18.2 Å². The molecule has 1 aromatic carbocycles. The number of aliphatic hydroxyl groups excluding tert-OH is 1. The minimum Gasteiger partial charge on any atom is -0.482 e. The zero-order valence-electron chi connectivity index (χ0n) is 6.91. The monoisotopic (exact) mass is 179 g/mol. The summed E-state index contributed by atoms with van der Waals surface area (Å²) in [6.45, 7) is 0.0203. The smallest absolute Gasteiger partial charge is 0.262 e. The molecule has 13 heavy (non-hydrogen) atoms. The maximum atomic E-state index is 10.9. The Labute approximate surface area is 75.1 Å². The van der Waals surface area contributed by atoms with Gasteiger partial charge in [0, 0.05) is 0 Å². The van der Waals surface area contributed by atoms with Gasteiger partial charge in [-0.15, -0.1) is 0 Å². The summed E-state index contributed by atoms with van der Waals surface area (Å²) in [5.74, 6) is 0.468. The van der Waals surface area contributed by atoms with Crippen LogP contribution < -0.4 is 10.1 Å². The van der Waals surface area contributed by atoms with E-state index < -0.39 is 0 Å². The Morgan fingerprint density at radius 3 is 3.15 bits per heavy atom. The summed E-state index contributed by atoms with van der Waals surface area (Å²) in [4.78, 5) is 10.9. The SMILES string of the molecule is O=C1COc2cc(CO)ccc2N1. The maximum Gasteiger partial charge on any atom is 0.262 e. The van der Waals surface area contributed by atoms with Gasteiger partial charge in [-0.3, -0.25) is 4.79 Å². The first kappa shape index (κ1) is 8.07. The highest BCUT2D eigenvalue weighted by atomic mass is 16.5. The third-order valence-corrected chi connectivity index (χ3v) is 1.86. The number of anilines is 1. The van der Waals surface area contributed by atoms with Crippen molar-refractivity contribution in [3.05, 3.63) is 23.8 Å². The molecule has 0 fully saturated rings. The fourth-order valence-electron chi connectivity index (χ4n) is 1.22. The first-order valence-corrected chi connectivity index (χ1v) is 3.96. The molecule has 1 aliphatic heterocycles. The number of amides is 1. The Morgan fingerprint density at radius 2 is 2.38 bits per heavy atom. The summed E-state index contributed by atoms with van der Waals surface area (Å²) in [5, 5.41) is 11.5. The zero-order chi connectivity index (χ0) is 9.26. The second-order valence-corrected chi connectivity index (χ2v) is 2.83. The Morgan fingerprint density at radius 1 is 1.54 bits per heavy atom. The van der Waals surface area contributed by atoms with Gasteiger partial charge in [-0.05, 0) is 17.7 Å². The number of carbonyl (C=O) groups excluding carboxylic acids is 1. The van der Waals surface area contributed by atoms with Crippen LogP contribution in [0.4, 0.5) is 5.69 Å². The van der Waals surface area contributed by atoms with Crippen molar-refractivity contribution in [1.29, 1.82) is 0 Å². The number of aliphatic hydroxyl groups is 1. The molecule has 1 heterocycles. The summed E-state index contributed by atoms with van der Waals surface area (Å²) in [6, 6.07) is 5.18. The van der Waals surface area contributed by atoms with Crippen LogP contribution in [0.15, 0.2) is 18.2 Å². The Kier molecular flexibility index (Phi) is 1.90. The van der Waals surface area contributed by atoms with E-state index >= 15 is 0 Å². The van der Waals surface area contributed by atoms with E-state index in [-0.39, 0.29) is 19.1 Å². The number of ether oxygens (including phenoxy) is 1. The first-order chi connectivity index (χ1) is 6.29. The fourth-order valence-corrected chi connectivity index (χ4v) is 1.22. The van der Waals surface area contributed by atoms with Gasteiger partial charge in [-0.25, -0.2) is 0 Å². The molecule has 0 bridgehead atoms. The number of nitrogens with one attached hydrogen (secondary N) is 1. The molecule has 0 radical (unpaired) electrons. The van der Waals surface area contributed by atoms with E-state index in [0.29, 0.717) is 11.4 Å². The molecule has 4 nitrogen and oxygen atoms in total. The quantitative estimate of drug-likeness (QED) is 0.660. The van der Waals surface area contributed by atoms with E-state index in [1.807, 2.05) is 0 Å².